The van der Waals surface area contributed by atoms with Crippen LogP contribution in [0.3, 0.4) is 0 Å². The third-order valence-electron chi connectivity index (χ3n) is 3.87. The number of hydrogen-bond acceptors (Lipinski definition) is 5. The Labute approximate surface area is 159 Å². The average molecular weight is 386 g/mol. The minimum absolute atomic E-state index is 0.333. The number of halogens is 1. The van der Waals surface area contributed by atoms with Crippen molar-refractivity contribution in [2.24, 2.45) is 0 Å². The zero-order valence-corrected chi connectivity index (χ0v) is 15.2. The van der Waals surface area contributed by atoms with Gasteiger partial charge in [-0.3, -0.25) is 19.0 Å². The number of rotatable bonds is 5. The van der Waals surface area contributed by atoms with Gasteiger partial charge in [0.05, 0.1) is 17.2 Å². The summed E-state index contributed by atoms with van der Waals surface area (Å²) >= 11 is 5.90. The number of nitrogens with zero attached hydrogens (tertiary/aromatic N) is 2. The molecule has 0 saturated carbocycles. The molecule has 3 rings (SSSR count). The predicted octanol–water partition coefficient (Wildman–Crippen LogP) is 2.54. The molecule has 0 saturated heterocycles. The van der Waals surface area contributed by atoms with Crippen LogP contribution in [0.2, 0.25) is 5.02 Å². The summed E-state index contributed by atoms with van der Waals surface area (Å²) in [5.74, 6) is -1.22. The topological polar surface area (TPSA) is 90.3 Å². The van der Waals surface area contributed by atoms with E-state index < -0.39 is 18.5 Å². The number of fused-ring (bicyclic) bond motifs is 1. The van der Waals surface area contributed by atoms with E-state index in [2.05, 4.69) is 10.3 Å². The lowest BCUT2D eigenvalue weighted by molar-refractivity contribution is -0.147. The molecule has 0 bridgehead atoms. The Kier molecular flexibility index (Phi) is 5.52. The lowest BCUT2D eigenvalue weighted by atomic mass is 10.2. The molecule has 8 heteroatoms. The summed E-state index contributed by atoms with van der Waals surface area (Å²) in [7, 11) is 0. The summed E-state index contributed by atoms with van der Waals surface area (Å²) in [5, 5.41) is 3.51. The van der Waals surface area contributed by atoms with Gasteiger partial charge in [-0.15, -0.1) is 0 Å². The van der Waals surface area contributed by atoms with Crippen molar-refractivity contribution in [1.82, 2.24) is 9.55 Å². The van der Waals surface area contributed by atoms with Crippen LogP contribution < -0.4 is 10.9 Å². The molecule has 1 N–H and O–H groups in total. The number of amides is 1. The highest BCUT2D eigenvalue weighted by atomic mass is 35.5. The maximum Gasteiger partial charge on any atom is 0.326 e. The number of hydrogen-bond donors (Lipinski definition) is 1. The van der Waals surface area contributed by atoms with Crippen LogP contribution in [0, 0.1) is 6.92 Å². The first-order chi connectivity index (χ1) is 12.9. The molecule has 1 aromatic heterocycles. The van der Waals surface area contributed by atoms with E-state index in [0.29, 0.717) is 21.6 Å². The van der Waals surface area contributed by atoms with Gasteiger partial charge in [-0.05, 0) is 36.8 Å². The highest BCUT2D eigenvalue weighted by molar-refractivity contribution is 6.31. The lowest BCUT2D eigenvalue weighted by Gasteiger charge is -2.10. The summed E-state index contributed by atoms with van der Waals surface area (Å²) in [6, 6.07) is 11.9. The van der Waals surface area contributed by atoms with Crippen molar-refractivity contribution >= 4 is 40.1 Å². The summed E-state index contributed by atoms with van der Waals surface area (Å²) in [4.78, 5) is 40.4. The van der Waals surface area contributed by atoms with E-state index in [1.165, 1.54) is 6.33 Å². The Hall–Kier alpha value is -3.19. The number of esters is 1. The standard InChI is InChI=1S/C19H16ClN3O4/c1-12-6-7-13(20)8-16(12)22-17(24)10-27-18(25)9-23-11-21-15-5-3-2-4-14(15)19(23)26/h2-8,11H,9-10H2,1H3,(H,22,24). The largest absolute Gasteiger partial charge is 0.454 e. The fraction of sp³-hybridized carbons (Fsp3) is 0.158. The summed E-state index contributed by atoms with van der Waals surface area (Å²) in [5.41, 5.74) is 1.56. The van der Waals surface area contributed by atoms with Gasteiger partial charge in [-0.25, -0.2) is 4.98 Å². The first-order valence-corrected chi connectivity index (χ1v) is 8.47. The van der Waals surface area contributed by atoms with E-state index in [1.54, 1.807) is 42.5 Å². The smallest absolute Gasteiger partial charge is 0.326 e. The first-order valence-electron chi connectivity index (χ1n) is 8.10. The number of aromatic nitrogens is 2. The second-order valence-corrected chi connectivity index (χ2v) is 6.30. The van der Waals surface area contributed by atoms with E-state index in [0.717, 1.165) is 10.1 Å². The monoisotopic (exact) mass is 385 g/mol. The van der Waals surface area contributed by atoms with Crippen LogP contribution in [0.5, 0.6) is 0 Å². The Morgan fingerprint density at radius 2 is 2.00 bits per heavy atom. The number of benzene rings is 2. The molecular formula is C19H16ClN3O4. The minimum Gasteiger partial charge on any atom is -0.454 e. The molecule has 0 aliphatic carbocycles. The van der Waals surface area contributed by atoms with Crippen LogP contribution in [0.15, 0.2) is 53.6 Å². The summed E-state index contributed by atoms with van der Waals surface area (Å²) in [6.45, 7) is 1.01. The number of ether oxygens (including phenoxy) is 1. The van der Waals surface area contributed by atoms with E-state index >= 15 is 0 Å². The van der Waals surface area contributed by atoms with Gasteiger partial charge in [0.15, 0.2) is 6.61 Å². The van der Waals surface area contributed by atoms with Crippen LogP contribution in [-0.2, 0) is 20.9 Å². The zero-order chi connectivity index (χ0) is 19.4. The number of nitrogens with one attached hydrogen (secondary N) is 1. The third kappa shape index (κ3) is 4.51. The van der Waals surface area contributed by atoms with Gasteiger partial charge >= 0.3 is 5.97 Å². The highest BCUT2D eigenvalue weighted by Gasteiger charge is 2.12. The summed E-state index contributed by atoms with van der Waals surface area (Å²) in [6.07, 6.45) is 1.28. The number of para-hydroxylation sites is 1. The van der Waals surface area contributed by atoms with E-state index in [1.807, 2.05) is 6.92 Å². The molecule has 1 heterocycles. The van der Waals surface area contributed by atoms with Gasteiger partial charge in [0.25, 0.3) is 11.5 Å². The number of aryl methyl sites for hydroxylation is 1. The molecule has 0 radical (unpaired) electrons. The second-order valence-electron chi connectivity index (χ2n) is 5.86. The van der Waals surface area contributed by atoms with Gasteiger partial charge in [-0.2, -0.15) is 0 Å². The molecule has 0 unspecified atom stereocenters. The highest BCUT2D eigenvalue weighted by Crippen LogP contribution is 2.19. The van der Waals surface area contributed by atoms with Crippen molar-refractivity contribution in [2.75, 3.05) is 11.9 Å². The van der Waals surface area contributed by atoms with Gasteiger partial charge in [0.2, 0.25) is 0 Å². The molecule has 7 nitrogen and oxygen atoms in total. The molecule has 0 aliphatic rings. The van der Waals surface area contributed by atoms with Gasteiger partial charge in [0, 0.05) is 10.7 Å². The van der Waals surface area contributed by atoms with Crippen molar-refractivity contribution in [3.05, 3.63) is 69.7 Å². The van der Waals surface area contributed by atoms with Crippen LogP contribution in [-0.4, -0.2) is 28.0 Å². The molecule has 138 valence electrons. The van der Waals surface area contributed by atoms with Crippen molar-refractivity contribution in [3.63, 3.8) is 0 Å². The summed E-state index contributed by atoms with van der Waals surface area (Å²) < 4.78 is 6.09. The SMILES string of the molecule is Cc1ccc(Cl)cc1NC(=O)COC(=O)Cn1cnc2ccccc2c1=O. The maximum absolute atomic E-state index is 12.3. The molecule has 2 aromatic carbocycles. The average Bonchev–Trinajstić information content (AvgIpc) is 2.65. The molecule has 0 atom stereocenters. The van der Waals surface area contributed by atoms with Crippen LogP contribution in [0.4, 0.5) is 5.69 Å². The zero-order valence-electron chi connectivity index (χ0n) is 14.4. The fourth-order valence-corrected chi connectivity index (χ4v) is 2.64. The Balaban J connectivity index is 1.60. The van der Waals surface area contributed by atoms with Gasteiger partial charge < -0.3 is 10.1 Å². The van der Waals surface area contributed by atoms with E-state index in [4.69, 9.17) is 16.3 Å². The Bertz CT molecular complexity index is 1080. The van der Waals surface area contributed by atoms with Crippen molar-refractivity contribution in [2.45, 2.75) is 13.5 Å². The van der Waals surface area contributed by atoms with Crippen molar-refractivity contribution < 1.29 is 14.3 Å². The number of carbonyl (C=O) groups excluding carboxylic acids is 2. The number of carbonyl (C=O) groups is 2. The Morgan fingerprint density at radius 1 is 1.22 bits per heavy atom. The molecular weight excluding hydrogens is 370 g/mol. The van der Waals surface area contributed by atoms with Gasteiger partial charge in [0.1, 0.15) is 6.54 Å². The molecule has 1 amide bonds. The molecule has 0 fully saturated rings. The quantitative estimate of drug-likeness (QED) is 0.681. The normalized spacial score (nSPS) is 10.6. The third-order valence-corrected chi connectivity index (χ3v) is 4.10. The van der Waals surface area contributed by atoms with Crippen molar-refractivity contribution in [3.8, 4) is 0 Å². The van der Waals surface area contributed by atoms with E-state index in [9.17, 15) is 14.4 Å². The Morgan fingerprint density at radius 3 is 2.81 bits per heavy atom. The van der Waals surface area contributed by atoms with Crippen LogP contribution >= 0.6 is 11.6 Å². The van der Waals surface area contributed by atoms with Crippen molar-refractivity contribution in [1.29, 1.82) is 0 Å². The second kappa shape index (κ2) is 8.01. The predicted molar refractivity (Wildman–Crippen MR) is 102 cm³/mol. The fourth-order valence-electron chi connectivity index (χ4n) is 2.46. The van der Waals surface area contributed by atoms with Crippen LogP contribution in [0.1, 0.15) is 5.56 Å². The molecule has 27 heavy (non-hydrogen) atoms. The first kappa shape index (κ1) is 18.6. The van der Waals surface area contributed by atoms with E-state index in [-0.39, 0.29) is 12.1 Å². The molecule has 0 aliphatic heterocycles. The van der Waals surface area contributed by atoms with Gasteiger partial charge in [-0.1, -0.05) is 29.8 Å². The maximum atomic E-state index is 12.3. The molecule has 0 spiro atoms. The number of anilines is 1. The minimum atomic E-state index is -0.716. The van der Waals surface area contributed by atoms with Crippen LogP contribution in [0.25, 0.3) is 10.9 Å². The molecule has 3 aromatic rings. The lowest BCUT2D eigenvalue weighted by Crippen LogP contribution is -2.28.